The molecule has 0 unspecified atom stereocenters. The number of rotatable bonds is 7. The molecule has 4 rings (SSSR count). The molecule has 1 aliphatic heterocycles. The molecule has 0 amide bonds. The molecule has 0 saturated carbocycles. The summed E-state index contributed by atoms with van der Waals surface area (Å²) in [6, 6.07) is 8.01. The first kappa shape index (κ1) is 24.2. The van der Waals surface area contributed by atoms with Gasteiger partial charge in [-0.2, -0.15) is 5.26 Å². The number of anilines is 2. The highest BCUT2D eigenvalue weighted by atomic mass is 35.5. The van der Waals surface area contributed by atoms with Gasteiger partial charge in [0.1, 0.15) is 11.8 Å². The van der Waals surface area contributed by atoms with Crippen molar-refractivity contribution in [2.75, 3.05) is 51.7 Å². The zero-order valence-corrected chi connectivity index (χ0v) is 20.2. The zero-order chi connectivity index (χ0) is 24.2. The number of hydrogen-bond acceptors (Lipinski definition) is 8. The number of ether oxygens (including phenoxy) is 1. The molecule has 178 valence electrons. The summed E-state index contributed by atoms with van der Waals surface area (Å²) >= 11 is 12.2. The topological polar surface area (TPSA) is 105 Å². The van der Waals surface area contributed by atoms with Gasteiger partial charge in [0, 0.05) is 56.4 Å². The maximum absolute atomic E-state index is 10.6. The van der Waals surface area contributed by atoms with Crippen LogP contribution in [0.15, 0.2) is 30.5 Å². The molecule has 0 spiro atoms. The molecule has 1 fully saturated rings. The van der Waals surface area contributed by atoms with Gasteiger partial charge in [-0.05, 0) is 25.6 Å². The van der Waals surface area contributed by atoms with Crippen molar-refractivity contribution in [3.05, 3.63) is 46.1 Å². The number of piperazine rings is 1. The van der Waals surface area contributed by atoms with E-state index in [1.54, 1.807) is 6.07 Å². The number of aromatic hydroxyl groups is 2. The third-order valence-corrected chi connectivity index (χ3v) is 6.45. The second-order valence-electron chi connectivity index (χ2n) is 8.25. The highest BCUT2D eigenvalue weighted by molar-refractivity contribution is 6.37. The molecule has 3 N–H and O–H groups in total. The number of halogens is 2. The summed E-state index contributed by atoms with van der Waals surface area (Å²) in [7, 11) is 2.13. The fourth-order valence-electron chi connectivity index (χ4n) is 3.85. The molecule has 8 nitrogen and oxygen atoms in total. The van der Waals surface area contributed by atoms with Crippen LogP contribution < -0.4 is 10.1 Å². The van der Waals surface area contributed by atoms with Crippen LogP contribution in [0.25, 0.3) is 10.9 Å². The van der Waals surface area contributed by atoms with Gasteiger partial charge in [-0.15, -0.1) is 0 Å². The lowest BCUT2D eigenvalue weighted by Gasteiger charge is -2.32. The molecule has 0 bridgehead atoms. The van der Waals surface area contributed by atoms with Gasteiger partial charge >= 0.3 is 0 Å². The van der Waals surface area contributed by atoms with Gasteiger partial charge in [0.25, 0.3) is 0 Å². The Bertz CT molecular complexity index is 1240. The summed E-state index contributed by atoms with van der Waals surface area (Å²) in [5.41, 5.74) is 1.53. The molecule has 10 heteroatoms. The third-order valence-electron chi connectivity index (χ3n) is 5.84. The molecule has 1 aliphatic rings. The third kappa shape index (κ3) is 5.40. The first-order valence-corrected chi connectivity index (χ1v) is 11.7. The minimum absolute atomic E-state index is 0.0583. The van der Waals surface area contributed by atoms with E-state index in [1.807, 2.05) is 0 Å². The Kier molecular flexibility index (Phi) is 7.49. The van der Waals surface area contributed by atoms with Crippen molar-refractivity contribution < 1.29 is 14.9 Å². The Labute approximate surface area is 207 Å². The van der Waals surface area contributed by atoms with Crippen molar-refractivity contribution in [3.8, 4) is 23.3 Å². The van der Waals surface area contributed by atoms with Gasteiger partial charge in [0.05, 0.1) is 39.1 Å². The van der Waals surface area contributed by atoms with E-state index >= 15 is 0 Å². The molecular formula is C24H25Cl2N5O3. The van der Waals surface area contributed by atoms with Crippen molar-refractivity contribution in [1.82, 2.24) is 14.8 Å². The SMILES string of the molecule is CN1CCN(CCCOc2cc3ncc(C#N)c(Nc4cc(O)c(Cl)cc4Cl)c3cc2O)CC1. The molecule has 1 aromatic heterocycles. The molecule has 34 heavy (non-hydrogen) atoms. The van der Waals surface area contributed by atoms with Crippen LogP contribution in [0.2, 0.25) is 10.0 Å². The number of pyridine rings is 1. The van der Waals surface area contributed by atoms with Crippen LogP contribution in [-0.2, 0) is 0 Å². The Morgan fingerprint density at radius 2 is 1.85 bits per heavy atom. The summed E-state index contributed by atoms with van der Waals surface area (Å²) in [5.74, 6) is 0.119. The zero-order valence-electron chi connectivity index (χ0n) is 18.7. The number of benzene rings is 2. The molecule has 1 saturated heterocycles. The van der Waals surface area contributed by atoms with Crippen LogP contribution in [-0.4, -0.2) is 71.4 Å². The first-order valence-electron chi connectivity index (χ1n) is 10.9. The molecule has 2 aromatic carbocycles. The summed E-state index contributed by atoms with van der Waals surface area (Å²) in [6.07, 6.45) is 2.27. The van der Waals surface area contributed by atoms with Gasteiger partial charge in [-0.3, -0.25) is 4.98 Å². The predicted octanol–water partition coefficient (Wildman–Crippen LogP) is 4.58. The van der Waals surface area contributed by atoms with Crippen LogP contribution in [0.3, 0.4) is 0 Å². The number of nitrogens with zero attached hydrogens (tertiary/aromatic N) is 4. The van der Waals surface area contributed by atoms with Gasteiger partial charge < -0.3 is 30.1 Å². The van der Waals surface area contributed by atoms with E-state index in [0.29, 0.717) is 34.6 Å². The minimum atomic E-state index is -0.152. The molecule has 2 heterocycles. The number of likely N-dealkylation sites (N-methyl/N-ethyl adjacent to an activating group) is 1. The number of nitriles is 1. The van der Waals surface area contributed by atoms with Crippen LogP contribution in [0, 0.1) is 11.3 Å². The molecule has 0 atom stereocenters. The van der Waals surface area contributed by atoms with E-state index in [-0.39, 0.29) is 27.1 Å². The number of nitrogens with one attached hydrogen (secondary N) is 1. The van der Waals surface area contributed by atoms with Crippen molar-refractivity contribution in [1.29, 1.82) is 5.26 Å². The summed E-state index contributed by atoms with van der Waals surface area (Å²) in [4.78, 5) is 9.07. The van der Waals surface area contributed by atoms with E-state index in [9.17, 15) is 15.5 Å². The van der Waals surface area contributed by atoms with Crippen LogP contribution in [0.5, 0.6) is 17.2 Å². The lowest BCUT2D eigenvalue weighted by atomic mass is 10.1. The van der Waals surface area contributed by atoms with Crippen molar-refractivity contribution in [2.45, 2.75) is 6.42 Å². The quantitative estimate of drug-likeness (QED) is 0.404. The Morgan fingerprint density at radius 1 is 1.09 bits per heavy atom. The number of phenolic OH excluding ortho intramolecular Hbond substituents is 2. The van der Waals surface area contributed by atoms with E-state index in [2.05, 4.69) is 33.2 Å². The van der Waals surface area contributed by atoms with Gasteiger partial charge in [0.2, 0.25) is 0 Å². The van der Waals surface area contributed by atoms with Crippen molar-refractivity contribution >= 4 is 45.5 Å². The Morgan fingerprint density at radius 3 is 2.59 bits per heavy atom. The molecule has 0 radical (unpaired) electrons. The fourth-order valence-corrected chi connectivity index (χ4v) is 4.28. The maximum Gasteiger partial charge on any atom is 0.163 e. The van der Waals surface area contributed by atoms with Gasteiger partial charge in [0.15, 0.2) is 11.5 Å². The highest BCUT2D eigenvalue weighted by Crippen LogP contribution is 2.39. The largest absolute Gasteiger partial charge is 0.506 e. The van der Waals surface area contributed by atoms with Crippen molar-refractivity contribution in [2.24, 2.45) is 0 Å². The maximum atomic E-state index is 10.6. The second kappa shape index (κ2) is 10.5. The first-order chi connectivity index (χ1) is 16.4. The summed E-state index contributed by atoms with van der Waals surface area (Å²) in [6.45, 7) is 5.64. The lowest BCUT2D eigenvalue weighted by molar-refractivity contribution is 0.145. The number of hydrogen-bond donors (Lipinski definition) is 3. The lowest BCUT2D eigenvalue weighted by Crippen LogP contribution is -2.44. The van der Waals surface area contributed by atoms with E-state index in [1.165, 1.54) is 24.4 Å². The molecule has 3 aromatic rings. The number of phenols is 2. The van der Waals surface area contributed by atoms with E-state index in [4.69, 9.17) is 27.9 Å². The second-order valence-corrected chi connectivity index (χ2v) is 9.07. The van der Waals surface area contributed by atoms with E-state index in [0.717, 1.165) is 39.1 Å². The Balaban J connectivity index is 1.52. The summed E-state index contributed by atoms with van der Waals surface area (Å²) < 4.78 is 5.84. The van der Waals surface area contributed by atoms with Gasteiger partial charge in [-0.25, -0.2) is 0 Å². The van der Waals surface area contributed by atoms with Crippen LogP contribution in [0.1, 0.15) is 12.0 Å². The Hall–Kier alpha value is -2.96. The highest BCUT2D eigenvalue weighted by Gasteiger charge is 2.17. The monoisotopic (exact) mass is 501 g/mol. The smallest absolute Gasteiger partial charge is 0.163 e. The average molecular weight is 502 g/mol. The van der Waals surface area contributed by atoms with E-state index < -0.39 is 0 Å². The van der Waals surface area contributed by atoms with Crippen LogP contribution in [0.4, 0.5) is 11.4 Å². The molecule has 0 aliphatic carbocycles. The standard InChI is InChI=1S/C24H25Cl2N5O3/c1-30-4-6-31(7-5-30)3-2-8-34-23-12-19-16(9-22(23)33)24(15(13-27)14-28-19)29-20-11-21(32)18(26)10-17(20)25/h9-12,14,32-33H,2-8H2,1H3,(H,28,29). The minimum Gasteiger partial charge on any atom is -0.506 e. The van der Waals surface area contributed by atoms with Crippen molar-refractivity contribution in [3.63, 3.8) is 0 Å². The average Bonchev–Trinajstić information content (AvgIpc) is 2.82. The summed E-state index contributed by atoms with van der Waals surface area (Å²) in [5, 5.41) is 34.1. The van der Waals surface area contributed by atoms with Crippen LogP contribution >= 0.6 is 23.2 Å². The molecular weight excluding hydrogens is 477 g/mol. The normalized spacial score (nSPS) is 14.8. The van der Waals surface area contributed by atoms with Gasteiger partial charge in [-0.1, -0.05) is 23.2 Å². The predicted molar refractivity (Wildman–Crippen MR) is 134 cm³/mol. The number of fused-ring (bicyclic) bond motifs is 1. The fraction of sp³-hybridized carbons (Fsp3) is 0.333. The number of aromatic nitrogens is 1.